The number of piperidine rings is 1. The first-order valence-electron chi connectivity index (χ1n) is 9.34. The molecule has 3 unspecified atom stereocenters. The molecule has 1 saturated heterocycles. The lowest BCUT2D eigenvalue weighted by Crippen LogP contribution is -2.57. The van der Waals surface area contributed by atoms with E-state index < -0.39 is 5.82 Å². The van der Waals surface area contributed by atoms with Crippen molar-refractivity contribution in [2.45, 2.75) is 38.3 Å². The Morgan fingerprint density at radius 1 is 1.26 bits per heavy atom. The van der Waals surface area contributed by atoms with Crippen LogP contribution in [0, 0.1) is 11.7 Å². The molecule has 1 N–H and O–H groups in total. The molecule has 1 aliphatic rings. The minimum atomic E-state index is -0.588. The third-order valence-electron chi connectivity index (χ3n) is 5.83. The summed E-state index contributed by atoms with van der Waals surface area (Å²) in [5.74, 6) is -0.329. The summed E-state index contributed by atoms with van der Waals surface area (Å²) >= 11 is 6.04. The molecule has 0 spiro atoms. The zero-order valence-electron chi connectivity index (χ0n) is 16.0. The maximum Gasteiger partial charge on any atom is 0.253 e. The van der Waals surface area contributed by atoms with Crippen molar-refractivity contribution in [3.05, 3.63) is 70.5 Å². The van der Waals surface area contributed by atoms with E-state index in [1.807, 2.05) is 30.3 Å². The van der Waals surface area contributed by atoms with Gasteiger partial charge in [0, 0.05) is 12.1 Å². The fourth-order valence-corrected chi connectivity index (χ4v) is 4.20. The van der Waals surface area contributed by atoms with Crippen LogP contribution < -0.4 is 5.32 Å². The number of amides is 1. The number of hydrogen-bond donors (Lipinski definition) is 1. The van der Waals surface area contributed by atoms with Crippen LogP contribution in [0.15, 0.2) is 48.5 Å². The maximum absolute atomic E-state index is 13.8. The van der Waals surface area contributed by atoms with Gasteiger partial charge in [-0.3, -0.25) is 9.69 Å². The Balaban J connectivity index is 1.96. The molecule has 3 rings (SSSR count). The van der Waals surface area contributed by atoms with E-state index in [2.05, 4.69) is 31.1 Å². The van der Waals surface area contributed by atoms with Gasteiger partial charge in [0.25, 0.3) is 5.91 Å². The molecule has 3 nitrogen and oxygen atoms in total. The summed E-state index contributed by atoms with van der Waals surface area (Å²) in [6.07, 6.45) is 2.06. The second-order valence-corrected chi connectivity index (χ2v) is 8.18. The zero-order valence-corrected chi connectivity index (χ0v) is 16.8. The largest absolute Gasteiger partial charge is 0.343 e. The summed E-state index contributed by atoms with van der Waals surface area (Å²) in [7, 11) is 2.10. The van der Waals surface area contributed by atoms with Crippen molar-refractivity contribution >= 4 is 17.5 Å². The topological polar surface area (TPSA) is 32.3 Å². The standard InChI is InChI=1S/C22H26ClFN2O/c1-15-12-13-22(2,26(3)14-15)20(16-8-5-4-6-9-16)25-21(27)17-10-7-11-18(24)19(17)23/h4-11,15,20H,12-14H2,1-3H3,(H,25,27). The molecule has 27 heavy (non-hydrogen) atoms. The normalized spacial score (nSPS) is 24.4. The van der Waals surface area contributed by atoms with Crippen LogP contribution in [-0.4, -0.2) is 29.9 Å². The van der Waals surface area contributed by atoms with E-state index in [9.17, 15) is 9.18 Å². The molecule has 0 aliphatic carbocycles. The molecule has 1 aliphatic heterocycles. The minimum absolute atomic E-state index is 0.141. The number of benzene rings is 2. The molecule has 1 heterocycles. The molecule has 0 radical (unpaired) electrons. The third kappa shape index (κ3) is 4.02. The van der Waals surface area contributed by atoms with Crippen molar-refractivity contribution in [2.75, 3.05) is 13.6 Å². The highest BCUT2D eigenvalue weighted by Crippen LogP contribution is 2.39. The molecule has 144 valence electrons. The number of carbonyl (C=O) groups excluding carboxylic acids is 1. The quantitative estimate of drug-likeness (QED) is 0.792. The van der Waals surface area contributed by atoms with Crippen LogP contribution in [0.25, 0.3) is 0 Å². The van der Waals surface area contributed by atoms with E-state index >= 15 is 0 Å². The van der Waals surface area contributed by atoms with Gasteiger partial charge < -0.3 is 5.32 Å². The maximum atomic E-state index is 13.8. The number of nitrogens with one attached hydrogen (secondary N) is 1. The van der Waals surface area contributed by atoms with Crippen molar-refractivity contribution in [1.29, 1.82) is 0 Å². The summed E-state index contributed by atoms with van der Waals surface area (Å²) in [6.45, 7) is 5.40. The summed E-state index contributed by atoms with van der Waals surface area (Å²) in [5.41, 5.74) is 0.943. The van der Waals surface area contributed by atoms with Crippen molar-refractivity contribution in [1.82, 2.24) is 10.2 Å². The Hall–Kier alpha value is -1.91. The van der Waals surface area contributed by atoms with Crippen LogP contribution in [0.2, 0.25) is 5.02 Å². The smallest absolute Gasteiger partial charge is 0.253 e. The lowest BCUT2D eigenvalue weighted by atomic mass is 9.76. The first-order valence-corrected chi connectivity index (χ1v) is 9.72. The van der Waals surface area contributed by atoms with Crippen LogP contribution in [0.1, 0.15) is 48.7 Å². The lowest BCUT2D eigenvalue weighted by molar-refractivity contribution is 0.0276. The highest BCUT2D eigenvalue weighted by atomic mass is 35.5. The van der Waals surface area contributed by atoms with Crippen LogP contribution in [0.5, 0.6) is 0 Å². The van der Waals surface area contributed by atoms with Gasteiger partial charge in [-0.2, -0.15) is 0 Å². The van der Waals surface area contributed by atoms with Crippen LogP contribution >= 0.6 is 11.6 Å². The molecule has 5 heteroatoms. The van der Waals surface area contributed by atoms with Crippen LogP contribution in [-0.2, 0) is 0 Å². The number of hydrogen-bond acceptors (Lipinski definition) is 2. The van der Waals surface area contributed by atoms with Gasteiger partial charge in [0.1, 0.15) is 5.82 Å². The van der Waals surface area contributed by atoms with E-state index in [1.165, 1.54) is 12.1 Å². The number of halogens is 2. The molecule has 0 saturated carbocycles. The molecule has 1 amide bonds. The molecule has 0 aromatic heterocycles. The molecule has 1 fully saturated rings. The fraction of sp³-hybridized carbons (Fsp3) is 0.409. The predicted octanol–water partition coefficient (Wildman–Crippen LogP) is 5.07. The average molecular weight is 389 g/mol. The van der Waals surface area contributed by atoms with Gasteiger partial charge in [-0.05, 0) is 50.4 Å². The second-order valence-electron chi connectivity index (χ2n) is 7.80. The number of rotatable bonds is 4. The van der Waals surface area contributed by atoms with Crippen molar-refractivity contribution in [2.24, 2.45) is 5.92 Å². The van der Waals surface area contributed by atoms with Crippen LogP contribution in [0.3, 0.4) is 0 Å². The third-order valence-corrected chi connectivity index (χ3v) is 6.21. The molecule has 2 aromatic carbocycles. The van der Waals surface area contributed by atoms with Gasteiger partial charge in [-0.15, -0.1) is 0 Å². The Morgan fingerprint density at radius 2 is 1.96 bits per heavy atom. The SMILES string of the molecule is CC1CCC(C)(C(NC(=O)c2cccc(F)c2Cl)c2ccccc2)N(C)C1. The molecule has 0 bridgehead atoms. The van der Waals surface area contributed by atoms with Gasteiger partial charge in [-0.25, -0.2) is 4.39 Å². The zero-order chi connectivity index (χ0) is 19.6. The monoisotopic (exact) mass is 388 g/mol. The first-order chi connectivity index (χ1) is 12.8. The van der Waals surface area contributed by atoms with Gasteiger partial charge in [0.05, 0.1) is 16.6 Å². The number of carbonyl (C=O) groups is 1. The number of likely N-dealkylation sites (N-methyl/N-ethyl adjacent to an activating group) is 1. The Labute approximate surface area is 165 Å². The highest BCUT2D eigenvalue weighted by molar-refractivity contribution is 6.34. The summed E-state index contributed by atoms with van der Waals surface area (Å²) in [5, 5.41) is 3.00. The van der Waals surface area contributed by atoms with Gasteiger partial charge in [0.2, 0.25) is 0 Å². The molecule has 2 aromatic rings. The minimum Gasteiger partial charge on any atom is -0.343 e. The molecular weight excluding hydrogens is 363 g/mol. The number of nitrogens with zero attached hydrogens (tertiary/aromatic N) is 1. The lowest BCUT2D eigenvalue weighted by Gasteiger charge is -2.50. The van der Waals surface area contributed by atoms with Gasteiger partial charge in [0.15, 0.2) is 0 Å². The Bertz CT molecular complexity index is 813. The van der Waals surface area contributed by atoms with Crippen LogP contribution in [0.4, 0.5) is 4.39 Å². The average Bonchev–Trinajstić information content (AvgIpc) is 2.66. The Morgan fingerprint density at radius 3 is 2.63 bits per heavy atom. The van der Waals surface area contributed by atoms with E-state index in [0.29, 0.717) is 5.92 Å². The van der Waals surface area contributed by atoms with Gasteiger partial charge in [-0.1, -0.05) is 54.9 Å². The molecule has 3 atom stereocenters. The van der Waals surface area contributed by atoms with E-state index in [0.717, 1.165) is 24.9 Å². The predicted molar refractivity (Wildman–Crippen MR) is 107 cm³/mol. The summed E-state index contributed by atoms with van der Waals surface area (Å²) < 4.78 is 13.8. The van der Waals surface area contributed by atoms with E-state index in [1.54, 1.807) is 6.07 Å². The second kappa shape index (κ2) is 7.99. The highest BCUT2D eigenvalue weighted by Gasteiger charge is 2.42. The fourth-order valence-electron chi connectivity index (χ4n) is 3.99. The van der Waals surface area contributed by atoms with E-state index in [-0.39, 0.29) is 28.1 Å². The Kier molecular flexibility index (Phi) is 5.87. The summed E-state index contributed by atoms with van der Waals surface area (Å²) in [6, 6.07) is 14.0. The molecular formula is C22H26ClFN2O. The van der Waals surface area contributed by atoms with Crippen molar-refractivity contribution in [3.8, 4) is 0 Å². The van der Waals surface area contributed by atoms with Crippen molar-refractivity contribution < 1.29 is 9.18 Å². The van der Waals surface area contributed by atoms with Gasteiger partial charge >= 0.3 is 0 Å². The summed E-state index contributed by atoms with van der Waals surface area (Å²) in [4.78, 5) is 15.3. The van der Waals surface area contributed by atoms with E-state index in [4.69, 9.17) is 11.6 Å². The van der Waals surface area contributed by atoms with Crippen molar-refractivity contribution in [3.63, 3.8) is 0 Å². The number of likely N-dealkylation sites (tertiary alicyclic amines) is 1. The first kappa shape index (κ1) is 19.8.